The minimum absolute atomic E-state index is 0.00377. The van der Waals surface area contributed by atoms with E-state index in [1.54, 1.807) is 7.11 Å². The van der Waals surface area contributed by atoms with Crippen molar-refractivity contribution in [2.24, 2.45) is 5.73 Å². The smallest absolute Gasteiger partial charge is 0.222 e. The molecule has 0 saturated carbocycles. The molecule has 0 fully saturated rings. The molecule has 350 valence electrons. The Morgan fingerprint density at radius 2 is 0.883 bits per heavy atom. The number of amides is 5. The fraction of sp³-hybridized carbons (Fsp3) is 0.837. The highest BCUT2D eigenvalue weighted by molar-refractivity contribution is 7.75. The van der Waals surface area contributed by atoms with E-state index in [0.717, 1.165) is 44.9 Å². The molecule has 60 heavy (non-hydrogen) atoms. The number of methoxy groups -OCH3 is 1. The monoisotopic (exact) mass is 875 g/mol. The van der Waals surface area contributed by atoms with Gasteiger partial charge in [0.05, 0.1) is 46.2 Å². The number of thiol groups is 1. The van der Waals surface area contributed by atoms with Gasteiger partial charge in [0, 0.05) is 84.1 Å². The number of hydrogen-bond donors (Lipinski definition) is 7. The summed E-state index contributed by atoms with van der Waals surface area (Å²) < 4.78 is 27.7. The maximum atomic E-state index is 13.4. The molecule has 0 saturated heterocycles. The Labute approximate surface area is 366 Å². The Morgan fingerprint density at radius 1 is 0.500 bits per heavy atom. The Hall–Kier alpha value is -2.96. The van der Waals surface area contributed by atoms with Crippen molar-refractivity contribution in [2.75, 3.05) is 86.1 Å². The van der Waals surface area contributed by atoms with Gasteiger partial charge in [-0.3, -0.25) is 24.0 Å². The summed E-state index contributed by atoms with van der Waals surface area (Å²) in [7, 11) is 1.64. The van der Waals surface area contributed by atoms with Crippen molar-refractivity contribution in [3.05, 3.63) is 12.3 Å². The van der Waals surface area contributed by atoms with Gasteiger partial charge >= 0.3 is 0 Å². The van der Waals surface area contributed by atoms with Crippen LogP contribution in [-0.2, 0) is 47.1 Å². The molecule has 0 bridgehead atoms. The summed E-state index contributed by atoms with van der Waals surface area (Å²) in [4.78, 5) is 62.4. The second-order valence-electron chi connectivity index (χ2n) is 15.3. The van der Waals surface area contributed by atoms with Gasteiger partial charge in [0.25, 0.3) is 0 Å². The summed E-state index contributed by atoms with van der Waals surface area (Å²) in [5.74, 6) is -0.614. The molecular weight excluding hydrogens is 793 g/mol. The molecule has 0 heterocycles. The molecule has 1 unspecified atom stereocenters. The predicted octanol–water partition coefficient (Wildman–Crippen LogP) is 4.55. The first-order valence-corrected chi connectivity index (χ1v) is 22.7. The van der Waals surface area contributed by atoms with Crippen molar-refractivity contribution in [3.63, 3.8) is 0 Å². The Kier molecular flexibility index (Phi) is 39.4. The lowest BCUT2D eigenvalue weighted by molar-refractivity contribution is -0.130. The van der Waals surface area contributed by atoms with E-state index in [9.17, 15) is 24.0 Å². The van der Waals surface area contributed by atoms with Crippen LogP contribution in [0.4, 0.5) is 0 Å². The zero-order chi connectivity index (χ0) is 44.4. The van der Waals surface area contributed by atoms with Gasteiger partial charge < -0.3 is 55.4 Å². The third-order valence-electron chi connectivity index (χ3n) is 9.45. The quantitative estimate of drug-likeness (QED) is 0.0256. The number of nitrogens with one attached hydrogen (secondary N) is 5. The van der Waals surface area contributed by atoms with Crippen molar-refractivity contribution < 1.29 is 47.1 Å². The zero-order valence-corrected chi connectivity index (χ0v) is 38.0. The number of nitrogens with two attached hydrogens (primary N) is 1. The van der Waals surface area contributed by atoms with Gasteiger partial charge in [0.1, 0.15) is 5.54 Å². The van der Waals surface area contributed by atoms with E-state index in [-0.39, 0.29) is 82.0 Å². The Morgan fingerprint density at radius 3 is 1.32 bits per heavy atom. The normalized spacial score (nSPS) is 12.1. The van der Waals surface area contributed by atoms with Crippen LogP contribution in [0.2, 0.25) is 0 Å². The summed E-state index contributed by atoms with van der Waals surface area (Å²) in [5.41, 5.74) is 5.13. The lowest BCUT2D eigenvalue weighted by Crippen LogP contribution is -2.58. The number of carbonyl (C=O) groups is 5. The summed E-state index contributed by atoms with van der Waals surface area (Å²) in [6.45, 7) is 9.32. The summed E-state index contributed by atoms with van der Waals surface area (Å²) in [5, 5.41) is 14.5. The van der Waals surface area contributed by atoms with E-state index in [0.29, 0.717) is 90.0 Å². The minimum Gasteiger partial charge on any atom is -0.402 e. The molecule has 1 atom stereocenters. The van der Waals surface area contributed by atoms with Gasteiger partial charge in [-0.05, 0) is 57.9 Å². The molecule has 5 amide bonds. The second-order valence-corrected chi connectivity index (χ2v) is 15.6. The van der Waals surface area contributed by atoms with Crippen LogP contribution in [0.15, 0.2) is 12.3 Å². The van der Waals surface area contributed by atoms with Crippen LogP contribution in [-0.4, -0.2) is 121 Å². The van der Waals surface area contributed by atoms with E-state index in [1.807, 2.05) is 0 Å². The SMILES string of the molecule is C=C(N)CCOCC(COCCC(=O)NCCCNC(=O)CCCCOC)(COCCC(=O)NCCCNC(=O)CCCCOS)NC(=O)CCCCCCCCCCC. The van der Waals surface area contributed by atoms with Crippen molar-refractivity contribution in [1.29, 1.82) is 0 Å². The largest absolute Gasteiger partial charge is 0.402 e. The van der Waals surface area contributed by atoms with Crippen molar-refractivity contribution in [3.8, 4) is 0 Å². The molecule has 0 radical (unpaired) electrons. The van der Waals surface area contributed by atoms with Gasteiger partial charge in [0.2, 0.25) is 29.5 Å². The Balaban J connectivity index is 5.13. The predicted molar refractivity (Wildman–Crippen MR) is 238 cm³/mol. The highest BCUT2D eigenvalue weighted by Gasteiger charge is 2.34. The fourth-order valence-electron chi connectivity index (χ4n) is 5.95. The first kappa shape index (κ1) is 57.0. The van der Waals surface area contributed by atoms with Crippen LogP contribution >= 0.6 is 12.9 Å². The van der Waals surface area contributed by atoms with Crippen molar-refractivity contribution >= 4 is 42.4 Å². The number of unbranched alkanes of at least 4 members (excludes halogenated alkanes) is 10. The topological polar surface area (TPSA) is 218 Å². The van der Waals surface area contributed by atoms with Gasteiger partial charge in [-0.25, -0.2) is 0 Å². The third-order valence-corrected chi connectivity index (χ3v) is 9.63. The van der Waals surface area contributed by atoms with Gasteiger partial charge in [-0.2, -0.15) is 0 Å². The molecule has 0 aromatic rings. The standard InChI is InChI=1S/C43H82N6O10S/c1-4-5-6-7-8-9-10-11-12-21-42(54)49-43(34-56-31-22-37(2)44,35-57-32-23-40(52)47-27-17-25-45-38(50)19-13-15-29-55-3)36-58-33-24-41(53)48-28-18-26-46-39(51)20-14-16-30-59-60/h60H,2,4-36,44H2,1,3H3,(H,45,50)(H,46,51)(H,47,52)(H,48,53)(H,49,54). The van der Waals surface area contributed by atoms with Crippen molar-refractivity contribution in [2.45, 2.75) is 147 Å². The van der Waals surface area contributed by atoms with E-state index < -0.39 is 5.54 Å². The second kappa shape index (κ2) is 41.4. The average molecular weight is 875 g/mol. The van der Waals surface area contributed by atoms with Crippen molar-refractivity contribution in [1.82, 2.24) is 26.6 Å². The van der Waals surface area contributed by atoms with Crippen LogP contribution in [0.25, 0.3) is 0 Å². The number of hydrogen-bond acceptors (Lipinski definition) is 12. The molecule has 0 aliphatic rings. The summed E-state index contributed by atoms with van der Waals surface area (Å²) in [6, 6.07) is 0. The zero-order valence-electron chi connectivity index (χ0n) is 37.1. The van der Waals surface area contributed by atoms with E-state index in [4.69, 9.17) is 28.9 Å². The molecule has 17 heteroatoms. The number of carbonyl (C=O) groups excluding carboxylic acids is 5. The first-order chi connectivity index (χ1) is 29.1. The van der Waals surface area contributed by atoms with Gasteiger partial charge in [0.15, 0.2) is 0 Å². The van der Waals surface area contributed by atoms with E-state index >= 15 is 0 Å². The molecule has 0 aliphatic heterocycles. The maximum absolute atomic E-state index is 13.4. The Bertz CT molecular complexity index is 1080. The molecule has 0 spiro atoms. The minimum atomic E-state index is -1.10. The molecule has 7 N–H and O–H groups in total. The maximum Gasteiger partial charge on any atom is 0.222 e. The lowest BCUT2D eigenvalue weighted by Gasteiger charge is -2.34. The summed E-state index contributed by atoms with van der Waals surface area (Å²) in [6.07, 6.45) is 16.3. The molecule has 16 nitrogen and oxygen atoms in total. The molecule has 0 rings (SSSR count). The molecule has 0 aliphatic carbocycles. The number of ether oxygens (including phenoxy) is 4. The average Bonchev–Trinajstić information content (AvgIpc) is 3.22. The lowest BCUT2D eigenvalue weighted by atomic mass is 10.0. The highest BCUT2D eigenvalue weighted by Crippen LogP contribution is 2.14. The third kappa shape index (κ3) is 38.0. The van der Waals surface area contributed by atoms with Gasteiger partial charge in [-0.15, -0.1) is 0 Å². The van der Waals surface area contributed by atoms with Crippen LogP contribution in [0, 0.1) is 0 Å². The van der Waals surface area contributed by atoms with E-state index in [2.05, 4.69) is 53.0 Å². The van der Waals surface area contributed by atoms with Crippen LogP contribution in [0.1, 0.15) is 142 Å². The molecule has 0 aromatic carbocycles. The first-order valence-electron chi connectivity index (χ1n) is 22.4. The van der Waals surface area contributed by atoms with Crippen LogP contribution in [0.3, 0.4) is 0 Å². The molecular formula is C43H82N6O10S. The number of rotatable bonds is 44. The highest BCUT2D eigenvalue weighted by atomic mass is 32.1. The fourth-order valence-corrected chi connectivity index (χ4v) is 6.08. The van der Waals surface area contributed by atoms with E-state index in [1.165, 1.54) is 32.1 Å². The van der Waals surface area contributed by atoms with Gasteiger partial charge in [-0.1, -0.05) is 64.9 Å². The van der Waals surface area contributed by atoms with Crippen LogP contribution in [0.5, 0.6) is 0 Å². The molecule has 0 aromatic heterocycles. The van der Waals surface area contributed by atoms with Crippen LogP contribution < -0.4 is 32.3 Å². The summed E-state index contributed by atoms with van der Waals surface area (Å²) >= 11 is 3.69.